The number of amides is 1. The molecule has 7 heteroatoms. The van der Waals surface area contributed by atoms with Gasteiger partial charge in [-0.1, -0.05) is 19.8 Å². The molecule has 0 saturated carbocycles. The number of anilines is 1. The second-order valence-electron chi connectivity index (χ2n) is 7.61. The molecule has 1 atom stereocenters. The van der Waals surface area contributed by atoms with Gasteiger partial charge in [0.2, 0.25) is 15.9 Å². The normalized spacial score (nSPS) is 21.1. The van der Waals surface area contributed by atoms with Crippen molar-refractivity contribution in [1.82, 2.24) is 9.62 Å². The van der Waals surface area contributed by atoms with Crippen molar-refractivity contribution in [2.24, 2.45) is 0 Å². The quantitative estimate of drug-likeness (QED) is 0.806. The van der Waals surface area contributed by atoms with Gasteiger partial charge in [0.1, 0.15) is 0 Å². The summed E-state index contributed by atoms with van der Waals surface area (Å²) in [5, 5.41) is 0. The van der Waals surface area contributed by atoms with Gasteiger partial charge in [0.05, 0.1) is 4.90 Å². The van der Waals surface area contributed by atoms with Crippen LogP contribution in [-0.2, 0) is 21.2 Å². The zero-order chi connectivity index (χ0) is 19.4. The zero-order valence-electron chi connectivity index (χ0n) is 16.4. The molecule has 2 aliphatic rings. The van der Waals surface area contributed by atoms with Crippen molar-refractivity contribution in [2.75, 3.05) is 31.1 Å². The van der Waals surface area contributed by atoms with Crippen molar-refractivity contribution in [3.05, 3.63) is 23.8 Å². The number of carbonyl (C=O) groups excluding carboxylic acids is 1. The largest absolute Gasteiger partial charge is 0.309 e. The van der Waals surface area contributed by atoms with Gasteiger partial charge in [0.25, 0.3) is 0 Å². The molecule has 0 spiro atoms. The summed E-state index contributed by atoms with van der Waals surface area (Å²) in [7, 11) is -3.53. The van der Waals surface area contributed by atoms with E-state index in [1.165, 1.54) is 25.7 Å². The minimum atomic E-state index is -3.53. The molecule has 6 nitrogen and oxygen atoms in total. The molecule has 2 heterocycles. The summed E-state index contributed by atoms with van der Waals surface area (Å²) >= 11 is 0. The maximum Gasteiger partial charge on any atom is 0.240 e. The lowest BCUT2D eigenvalue weighted by atomic mass is 10.1. The predicted molar refractivity (Wildman–Crippen MR) is 107 cm³/mol. The first kappa shape index (κ1) is 20.3. The number of hydrogen-bond donors (Lipinski definition) is 1. The van der Waals surface area contributed by atoms with Crippen LogP contribution in [0, 0.1) is 0 Å². The van der Waals surface area contributed by atoms with Crippen LogP contribution in [0.25, 0.3) is 0 Å². The van der Waals surface area contributed by atoms with E-state index in [1.54, 1.807) is 23.1 Å². The Bertz CT molecular complexity index is 771. The lowest BCUT2D eigenvalue weighted by Crippen LogP contribution is -2.35. The van der Waals surface area contributed by atoms with E-state index in [2.05, 4.69) is 9.62 Å². The average molecular weight is 394 g/mol. The number of hydrogen-bond acceptors (Lipinski definition) is 4. The molecule has 0 aromatic heterocycles. The smallest absolute Gasteiger partial charge is 0.240 e. The summed E-state index contributed by atoms with van der Waals surface area (Å²) in [6, 6.07) is 5.18. The first-order valence-electron chi connectivity index (χ1n) is 10.1. The fourth-order valence-electron chi connectivity index (χ4n) is 4.11. The van der Waals surface area contributed by atoms with E-state index in [9.17, 15) is 13.2 Å². The van der Waals surface area contributed by atoms with Gasteiger partial charge in [-0.25, -0.2) is 13.1 Å². The van der Waals surface area contributed by atoms with E-state index in [1.807, 2.05) is 13.8 Å². The summed E-state index contributed by atoms with van der Waals surface area (Å²) in [4.78, 5) is 16.6. The molecule has 0 aliphatic carbocycles. The molecule has 150 valence electrons. The molecule has 1 fully saturated rings. The highest BCUT2D eigenvalue weighted by atomic mass is 32.2. The van der Waals surface area contributed by atoms with Crippen LogP contribution in [0.3, 0.4) is 0 Å². The Morgan fingerprint density at radius 3 is 2.56 bits per heavy atom. The summed E-state index contributed by atoms with van der Waals surface area (Å²) in [6.45, 7) is 7.14. The number of nitrogens with one attached hydrogen (secondary N) is 1. The van der Waals surface area contributed by atoms with Gasteiger partial charge in [0.15, 0.2) is 0 Å². The third-order valence-corrected chi connectivity index (χ3v) is 7.03. The molecule has 1 aromatic rings. The standard InChI is InChI=1S/C20H31N3O3S/c1-3-20(24)23-16(2)14-17-15-18(8-9-19(17)23)27(25,26)21-10-13-22-11-6-4-5-7-12-22/h8-9,15-16,21H,3-7,10-14H2,1-2H3/t16-/m0/s1. The van der Waals surface area contributed by atoms with E-state index in [-0.39, 0.29) is 16.8 Å². The molecule has 2 aliphatic heterocycles. The van der Waals surface area contributed by atoms with Gasteiger partial charge in [-0.15, -0.1) is 0 Å². The zero-order valence-corrected chi connectivity index (χ0v) is 17.2. The highest BCUT2D eigenvalue weighted by Gasteiger charge is 2.31. The molecule has 1 amide bonds. The number of rotatable bonds is 6. The van der Waals surface area contributed by atoms with Crippen molar-refractivity contribution >= 4 is 21.6 Å². The molecule has 3 rings (SSSR count). The minimum Gasteiger partial charge on any atom is -0.309 e. The Labute approximate surface area is 163 Å². The van der Waals surface area contributed by atoms with Gasteiger partial charge in [-0.3, -0.25) is 4.79 Å². The van der Waals surface area contributed by atoms with E-state index < -0.39 is 10.0 Å². The molecular weight excluding hydrogens is 362 g/mol. The van der Waals surface area contributed by atoms with E-state index in [0.717, 1.165) is 30.9 Å². The van der Waals surface area contributed by atoms with Gasteiger partial charge in [0, 0.05) is 31.2 Å². The lowest BCUT2D eigenvalue weighted by Gasteiger charge is -2.22. The Morgan fingerprint density at radius 2 is 1.89 bits per heavy atom. The summed E-state index contributed by atoms with van der Waals surface area (Å²) in [5.41, 5.74) is 1.78. The van der Waals surface area contributed by atoms with Crippen molar-refractivity contribution in [3.8, 4) is 0 Å². The predicted octanol–water partition coefficient (Wildman–Crippen LogP) is 2.53. The maximum atomic E-state index is 12.7. The van der Waals surface area contributed by atoms with Gasteiger partial charge in [-0.05, 0) is 63.0 Å². The number of benzene rings is 1. The van der Waals surface area contributed by atoms with Gasteiger partial charge < -0.3 is 9.80 Å². The molecule has 1 saturated heterocycles. The van der Waals surface area contributed by atoms with Gasteiger partial charge >= 0.3 is 0 Å². The molecule has 1 N–H and O–H groups in total. The Hall–Kier alpha value is -1.44. The van der Waals surface area contributed by atoms with Crippen LogP contribution in [0.4, 0.5) is 5.69 Å². The third-order valence-electron chi connectivity index (χ3n) is 5.57. The van der Waals surface area contributed by atoms with Crippen molar-refractivity contribution in [3.63, 3.8) is 0 Å². The number of fused-ring (bicyclic) bond motifs is 1. The first-order chi connectivity index (χ1) is 12.9. The third kappa shape index (κ3) is 4.70. The second-order valence-corrected chi connectivity index (χ2v) is 9.38. The average Bonchev–Trinajstić information content (AvgIpc) is 2.80. The van der Waals surface area contributed by atoms with Gasteiger partial charge in [-0.2, -0.15) is 0 Å². The summed E-state index contributed by atoms with van der Waals surface area (Å²) < 4.78 is 28.1. The van der Waals surface area contributed by atoms with Crippen LogP contribution < -0.4 is 9.62 Å². The maximum absolute atomic E-state index is 12.7. The Morgan fingerprint density at radius 1 is 1.19 bits per heavy atom. The van der Waals surface area contributed by atoms with E-state index in [0.29, 0.717) is 19.4 Å². The van der Waals surface area contributed by atoms with Crippen molar-refractivity contribution in [2.45, 2.75) is 63.3 Å². The number of sulfonamides is 1. The highest BCUT2D eigenvalue weighted by molar-refractivity contribution is 7.89. The van der Waals surface area contributed by atoms with E-state index >= 15 is 0 Å². The fourth-order valence-corrected chi connectivity index (χ4v) is 5.18. The molecular formula is C20H31N3O3S. The van der Waals surface area contributed by atoms with Crippen LogP contribution in [0.5, 0.6) is 0 Å². The first-order valence-corrected chi connectivity index (χ1v) is 11.6. The van der Waals surface area contributed by atoms with Crippen molar-refractivity contribution in [1.29, 1.82) is 0 Å². The lowest BCUT2D eigenvalue weighted by molar-refractivity contribution is -0.118. The highest BCUT2D eigenvalue weighted by Crippen LogP contribution is 2.34. The fraction of sp³-hybridized carbons (Fsp3) is 0.650. The Kier molecular flexibility index (Phi) is 6.55. The van der Waals surface area contributed by atoms with Crippen LogP contribution >= 0.6 is 0 Å². The Balaban J connectivity index is 1.65. The minimum absolute atomic E-state index is 0.0707. The molecule has 1 aromatic carbocycles. The molecule has 0 unspecified atom stereocenters. The van der Waals surface area contributed by atoms with Crippen LogP contribution in [0.2, 0.25) is 0 Å². The van der Waals surface area contributed by atoms with Crippen LogP contribution in [-0.4, -0.2) is 51.4 Å². The molecule has 0 bridgehead atoms. The van der Waals surface area contributed by atoms with Crippen molar-refractivity contribution < 1.29 is 13.2 Å². The number of likely N-dealkylation sites (tertiary alicyclic amines) is 1. The number of carbonyl (C=O) groups is 1. The van der Waals surface area contributed by atoms with E-state index in [4.69, 9.17) is 0 Å². The molecule has 0 radical (unpaired) electrons. The monoisotopic (exact) mass is 393 g/mol. The van der Waals surface area contributed by atoms with Crippen LogP contribution in [0.1, 0.15) is 51.5 Å². The number of nitrogens with zero attached hydrogens (tertiary/aromatic N) is 2. The van der Waals surface area contributed by atoms with Crippen LogP contribution in [0.15, 0.2) is 23.1 Å². The SMILES string of the molecule is CCC(=O)N1c2ccc(S(=O)(=O)NCCN3CCCCCC3)cc2C[C@@H]1C. The summed E-state index contributed by atoms with van der Waals surface area (Å²) in [6.07, 6.45) is 6.08. The summed E-state index contributed by atoms with van der Waals surface area (Å²) in [5.74, 6) is 0.0763. The molecule has 27 heavy (non-hydrogen) atoms. The second kappa shape index (κ2) is 8.71. The topological polar surface area (TPSA) is 69.7 Å².